The van der Waals surface area contributed by atoms with Crippen LogP contribution in [0.4, 0.5) is 10.1 Å². The van der Waals surface area contributed by atoms with Crippen molar-refractivity contribution in [3.8, 4) is 11.5 Å². The summed E-state index contributed by atoms with van der Waals surface area (Å²) in [5.41, 5.74) is 1.25. The second-order valence-electron chi connectivity index (χ2n) is 4.45. The van der Waals surface area contributed by atoms with Crippen molar-refractivity contribution in [3.05, 3.63) is 63.5 Å². The normalized spacial score (nSPS) is 10.2. The Morgan fingerprint density at radius 3 is 2.62 bits per heavy atom. The first-order valence-electron chi connectivity index (χ1n) is 6.21. The van der Waals surface area contributed by atoms with Crippen LogP contribution in [0.5, 0.6) is 11.5 Å². The molecular weight excluding hydrogens is 277 g/mol. The van der Waals surface area contributed by atoms with Crippen molar-refractivity contribution in [3.63, 3.8) is 0 Å². The first kappa shape index (κ1) is 14.8. The van der Waals surface area contributed by atoms with Crippen molar-refractivity contribution < 1.29 is 18.8 Å². The molecule has 110 valence electrons. The summed E-state index contributed by atoms with van der Waals surface area (Å²) in [6, 6.07) is 8.48. The molecule has 0 aliphatic rings. The van der Waals surface area contributed by atoms with Gasteiger partial charge in [-0.2, -0.15) is 0 Å². The van der Waals surface area contributed by atoms with Crippen molar-refractivity contribution in [1.82, 2.24) is 0 Å². The first-order chi connectivity index (χ1) is 10.0. The number of non-ortho nitro benzene ring substituents is 1. The minimum absolute atomic E-state index is 0.0506. The van der Waals surface area contributed by atoms with E-state index in [1.54, 1.807) is 13.0 Å². The van der Waals surface area contributed by atoms with Crippen LogP contribution in [0.2, 0.25) is 0 Å². The van der Waals surface area contributed by atoms with Crippen molar-refractivity contribution in [2.24, 2.45) is 0 Å². The summed E-state index contributed by atoms with van der Waals surface area (Å²) in [5.74, 6) is 0.472. The average molecular weight is 291 g/mol. The lowest BCUT2D eigenvalue weighted by Gasteiger charge is -2.12. The third-order valence-corrected chi connectivity index (χ3v) is 3.01. The molecule has 0 fully saturated rings. The molecule has 0 atom stereocenters. The molecule has 0 heterocycles. The number of nitrogens with zero attached hydrogens (tertiary/aromatic N) is 1. The van der Waals surface area contributed by atoms with E-state index in [4.69, 9.17) is 9.47 Å². The van der Waals surface area contributed by atoms with Gasteiger partial charge in [-0.05, 0) is 24.6 Å². The maximum absolute atomic E-state index is 13.2. The number of benzene rings is 2. The largest absolute Gasteiger partial charge is 0.496 e. The molecule has 0 radical (unpaired) electrons. The second kappa shape index (κ2) is 6.21. The summed E-state index contributed by atoms with van der Waals surface area (Å²) in [5, 5.41) is 10.8. The van der Waals surface area contributed by atoms with Crippen molar-refractivity contribution in [2.45, 2.75) is 13.5 Å². The Morgan fingerprint density at radius 1 is 1.19 bits per heavy atom. The lowest BCUT2D eigenvalue weighted by atomic mass is 10.2. The van der Waals surface area contributed by atoms with Crippen LogP contribution in [0.1, 0.15) is 11.1 Å². The van der Waals surface area contributed by atoms with E-state index in [1.807, 2.05) is 0 Å². The van der Waals surface area contributed by atoms with Crippen LogP contribution < -0.4 is 9.47 Å². The fourth-order valence-electron chi connectivity index (χ4n) is 1.88. The number of hydrogen-bond donors (Lipinski definition) is 0. The Morgan fingerprint density at radius 2 is 1.95 bits per heavy atom. The molecule has 2 aromatic carbocycles. The molecule has 2 rings (SSSR count). The van der Waals surface area contributed by atoms with Gasteiger partial charge in [0.25, 0.3) is 5.69 Å². The minimum atomic E-state index is -0.490. The van der Waals surface area contributed by atoms with E-state index >= 15 is 0 Å². The molecule has 0 saturated carbocycles. The minimum Gasteiger partial charge on any atom is -0.496 e. The molecule has 0 spiro atoms. The number of methoxy groups -OCH3 is 1. The molecule has 2 aromatic rings. The van der Waals surface area contributed by atoms with Gasteiger partial charge in [0, 0.05) is 23.8 Å². The predicted molar refractivity (Wildman–Crippen MR) is 75.1 cm³/mol. The van der Waals surface area contributed by atoms with Crippen molar-refractivity contribution >= 4 is 5.69 Å². The highest BCUT2D eigenvalue weighted by Gasteiger charge is 2.12. The number of nitro groups is 1. The monoisotopic (exact) mass is 291 g/mol. The van der Waals surface area contributed by atoms with Gasteiger partial charge in [0.05, 0.1) is 12.0 Å². The van der Waals surface area contributed by atoms with Crippen molar-refractivity contribution in [1.29, 1.82) is 0 Å². The summed E-state index contributed by atoms with van der Waals surface area (Å²) < 4.78 is 23.9. The predicted octanol–water partition coefficient (Wildman–Crippen LogP) is 3.63. The van der Waals surface area contributed by atoms with Gasteiger partial charge in [-0.15, -0.1) is 0 Å². The number of ether oxygens (including phenoxy) is 2. The van der Waals surface area contributed by atoms with Crippen LogP contribution in [0.25, 0.3) is 0 Å². The topological polar surface area (TPSA) is 61.6 Å². The molecule has 0 saturated heterocycles. The van der Waals surface area contributed by atoms with Gasteiger partial charge in [0.1, 0.15) is 23.9 Å². The van der Waals surface area contributed by atoms with Crippen molar-refractivity contribution in [2.75, 3.05) is 7.11 Å². The van der Waals surface area contributed by atoms with E-state index in [0.717, 1.165) is 5.56 Å². The Balaban J connectivity index is 2.24. The summed E-state index contributed by atoms with van der Waals surface area (Å²) in [4.78, 5) is 10.3. The van der Waals surface area contributed by atoms with E-state index in [1.165, 1.54) is 37.4 Å². The van der Waals surface area contributed by atoms with Crippen LogP contribution in [0.15, 0.2) is 36.4 Å². The molecule has 0 bridgehead atoms. The molecular formula is C15H14FNO4. The van der Waals surface area contributed by atoms with E-state index in [9.17, 15) is 14.5 Å². The van der Waals surface area contributed by atoms with Gasteiger partial charge < -0.3 is 9.47 Å². The Kier molecular flexibility index (Phi) is 4.37. The highest BCUT2D eigenvalue weighted by atomic mass is 19.1. The fraction of sp³-hybridized carbons (Fsp3) is 0.200. The molecule has 0 N–H and O–H groups in total. The molecule has 5 nitrogen and oxygen atoms in total. The van der Waals surface area contributed by atoms with Crippen LogP contribution in [0.3, 0.4) is 0 Å². The van der Waals surface area contributed by atoms with Gasteiger partial charge in [0.15, 0.2) is 0 Å². The van der Waals surface area contributed by atoms with Gasteiger partial charge >= 0.3 is 0 Å². The zero-order chi connectivity index (χ0) is 15.4. The lowest BCUT2D eigenvalue weighted by Crippen LogP contribution is -2.01. The molecule has 0 aromatic heterocycles. The lowest BCUT2D eigenvalue weighted by molar-refractivity contribution is -0.385. The fourth-order valence-corrected chi connectivity index (χ4v) is 1.88. The SMILES string of the molecule is COc1ccc([N+](=O)[O-])cc1COc1cc(F)ccc1C. The molecule has 6 heteroatoms. The third-order valence-electron chi connectivity index (χ3n) is 3.01. The van der Waals surface area contributed by atoms with Gasteiger partial charge in [-0.25, -0.2) is 4.39 Å². The smallest absolute Gasteiger partial charge is 0.270 e. The number of rotatable bonds is 5. The Bertz CT molecular complexity index is 673. The zero-order valence-electron chi connectivity index (χ0n) is 11.6. The van der Waals surface area contributed by atoms with Crippen LogP contribution in [-0.2, 0) is 6.61 Å². The van der Waals surface area contributed by atoms with Crippen LogP contribution in [0, 0.1) is 22.9 Å². The number of aryl methyl sites for hydroxylation is 1. The molecule has 0 aliphatic carbocycles. The summed E-state index contributed by atoms with van der Waals surface area (Å²) >= 11 is 0. The summed E-state index contributed by atoms with van der Waals surface area (Å²) in [7, 11) is 1.47. The average Bonchev–Trinajstić information content (AvgIpc) is 2.47. The van der Waals surface area contributed by atoms with Gasteiger partial charge in [0.2, 0.25) is 0 Å². The standard InChI is InChI=1S/C15H14FNO4/c1-10-3-4-12(16)8-15(10)21-9-11-7-13(17(18)19)5-6-14(11)20-2/h3-8H,9H2,1-2H3. The van der Waals surface area contributed by atoms with E-state index < -0.39 is 10.7 Å². The zero-order valence-corrected chi connectivity index (χ0v) is 11.6. The van der Waals surface area contributed by atoms with Gasteiger partial charge in [-0.1, -0.05) is 6.07 Å². The number of nitro benzene ring substituents is 1. The quantitative estimate of drug-likeness (QED) is 0.623. The van der Waals surface area contributed by atoms with E-state index in [0.29, 0.717) is 17.1 Å². The van der Waals surface area contributed by atoms with E-state index in [2.05, 4.69) is 0 Å². The number of hydrogen-bond acceptors (Lipinski definition) is 4. The molecule has 0 aliphatic heterocycles. The maximum atomic E-state index is 13.2. The number of halogens is 1. The molecule has 0 amide bonds. The van der Waals surface area contributed by atoms with E-state index in [-0.39, 0.29) is 12.3 Å². The summed E-state index contributed by atoms with van der Waals surface area (Å²) in [6.07, 6.45) is 0. The Hall–Kier alpha value is -2.63. The first-order valence-corrected chi connectivity index (χ1v) is 6.21. The molecule has 0 unspecified atom stereocenters. The van der Waals surface area contributed by atoms with Gasteiger partial charge in [-0.3, -0.25) is 10.1 Å². The highest BCUT2D eigenvalue weighted by Crippen LogP contribution is 2.26. The highest BCUT2D eigenvalue weighted by molar-refractivity contribution is 5.44. The third kappa shape index (κ3) is 3.47. The van der Waals surface area contributed by atoms with Crippen LogP contribution in [-0.4, -0.2) is 12.0 Å². The Labute approximate surface area is 121 Å². The molecule has 21 heavy (non-hydrogen) atoms. The van der Waals surface area contributed by atoms with Crippen LogP contribution >= 0.6 is 0 Å². The second-order valence-corrected chi connectivity index (χ2v) is 4.45. The summed E-state index contributed by atoms with van der Waals surface area (Å²) in [6.45, 7) is 1.84. The maximum Gasteiger partial charge on any atom is 0.270 e.